The number of carbonyl (C=O) groups is 2. The van der Waals surface area contributed by atoms with E-state index in [1.165, 1.54) is 0 Å². The molecule has 2 N–H and O–H groups in total. The van der Waals surface area contributed by atoms with Crippen molar-refractivity contribution in [3.63, 3.8) is 0 Å². The van der Waals surface area contributed by atoms with E-state index in [0.29, 0.717) is 0 Å². The lowest BCUT2D eigenvalue weighted by molar-refractivity contribution is -0.139. The zero-order valence-electron chi connectivity index (χ0n) is 11.6. The first-order valence-corrected chi connectivity index (χ1v) is 7.03. The van der Waals surface area contributed by atoms with Crippen LogP contribution in [0.2, 0.25) is 0 Å². The highest BCUT2D eigenvalue weighted by Crippen LogP contribution is 2.26. The maximum absolute atomic E-state index is 11.7. The van der Waals surface area contributed by atoms with Crippen LogP contribution in [0.15, 0.2) is 30.3 Å². The molecule has 5 nitrogen and oxygen atoms in total. The molecule has 1 aromatic carbocycles. The number of carbonyl (C=O) groups excluding carboxylic acids is 1. The summed E-state index contributed by atoms with van der Waals surface area (Å²) in [5.74, 6) is -1.14. The lowest BCUT2D eigenvalue weighted by atomic mass is 10.1. The van der Waals surface area contributed by atoms with Gasteiger partial charge in [0.15, 0.2) is 0 Å². The molecule has 1 amide bonds. The van der Waals surface area contributed by atoms with Gasteiger partial charge in [0.05, 0.1) is 4.83 Å². The van der Waals surface area contributed by atoms with E-state index in [-0.39, 0.29) is 0 Å². The number of nitrogens with one attached hydrogen (secondary N) is 1. The second-order valence-corrected chi connectivity index (χ2v) is 6.26. The van der Waals surface area contributed by atoms with Gasteiger partial charge in [-0.25, -0.2) is 9.59 Å². The summed E-state index contributed by atoms with van der Waals surface area (Å²) < 4.78 is 5.07. The highest BCUT2D eigenvalue weighted by Gasteiger charge is 2.30. The fourth-order valence-electron chi connectivity index (χ4n) is 1.52. The third kappa shape index (κ3) is 5.21. The first kappa shape index (κ1) is 16.5. The zero-order valence-corrected chi connectivity index (χ0v) is 13.2. The monoisotopic (exact) mass is 343 g/mol. The number of amides is 1. The lowest BCUT2D eigenvalue weighted by Gasteiger charge is -2.24. The third-order valence-electron chi connectivity index (χ3n) is 2.35. The van der Waals surface area contributed by atoms with Crippen molar-refractivity contribution in [1.82, 2.24) is 5.32 Å². The Kier molecular flexibility index (Phi) is 5.56. The number of carboxylic acid groups (broad SMARTS) is 1. The molecular weight excluding hydrogens is 326 g/mol. The van der Waals surface area contributed by atoms with Crippen LogP contribution in [-0.2, 0) is 9.53 Å². The molecule has 0 bridgehead atoms. The topological polar surface area (TPSA) is 75.6 Å². The third-order valence-corrected chi connectivity index (χ3v) is 3.41. The predicted octanol–water partition coefficient (Wildman–Crippen LogP) is 3.10. The number of aliphatic carboxylic acids is 1. The summed E-state index contributed by atoms with van der Waals surface area (Å²) in [6, 6.07) is 7.89. The molecule has 1 unspecified atom stereocenters. The van der Waals surface area contributed by atoms with E-state index in [1.807, 2.05) is 6.07 Å². The Bertz CT molecular complexity index is 470. The van der Waals surface area contributed by atoms with Gasteiger partial charge in [-0.3, -0.25) is 0 Å². The Balaban J connectivity index is 2.80. The van der Waals surface area contributed by atoms with E-state index in [0.717, 1.165) is 5.56 Å². The molecule has 20 heavy (non-hydrogen) atoms. The number of hydrogen-bond donors (Lipinski definition) is 2. The Hall–Kier alpha value is -1.56. The van der Waals surface area contributed by atoms with Crippen molar-refractivity contribution in [1.29, 1.82) is 0 Å². The number of carboxylic acids is 1. The summed E-state index contributed by atoms with van der Waals surface area (Å²) in [5, 5.41) is 11.6. The van der Waals surface area contributed by atoms with Crippen LogP contribution in [0.1, 0.15) is 31.2 Å². The van der Waals surface area contributed by atoms with E-state index in [1.54, 1.807) is 45.0 Å². The smallest absolute Gasteiger partial charge is 0.408 e. The number of alkyl carbamates (subject to hydrolysis) is 1. The second-order valence-electron chi connectivity index (χ2n) is 5.27. The maximum Gasteiger partial charge on any atom is 0.408 e. The summed E-state index contributed by atoms with van der Waals surface area (Å²) in [7, 11) is 0. The van der Waals surface area contributed by atoms with Gasteiger partial charge in [0.25, 0.3) is 0 Å². The van der Waals surface area contributed by atoms with Crippen molar-refractivity contribution in [3.05, 3.63) is 35.9 Å². The molecule has 0 aliphatic rings. The lowest BCUT2D eigenvalue weighted by Crippen LogP contribution is -2.45. The summed E-state index contributed by atoms with van der Waals surface area (Å²) in [6.45, 7) is 5.14. The molecule has 1 aromatic rings. The van der Waals surface area contributed by atoms with Gasteiger partial charge in [-0.05, 0) is 26.3 Å². The van der Waals surface area contributed by atoms with Crippen molar-refractivity contribution in [2.24, 2.45) is 0 Å². The van der Waals surface area contributed by atoms with E-state index >= 15 is 0 Å². The summed E-state index contributed by atoms with van der Waals surface area (Å²) in [6.07, 6.45) is -0.759. The van der Waals surface area contributed by atoms with Crippen LogP contribution in [0.5, 0.6) is 0 Å². The number of rotatable bonds is 4. The van der Waals surface area contributed by atoms with Gasteiger partial charge in [0, 0.05) is 0 Å². The van der Waals surface area contributed by atoms with Gasteiger partial charge in [0.1, 0.15) is 11.6 Å². The van der Waals surface area contributed by atoms with Crippen LogP contribution in [0.4, 0.5) is 4.79 Å². The minimum Gasteiger partial charge on any atom is -0.480 e. The van der Waals surface area contributed by atoms with Gasteiger partial charge in [0.2, 0.25) is 0 Å². The minimum atomic E-state index is -1.14. The van der Waals surface area contributed by atoms with Crippen LogP contribution >= 0.6 is 15.9 Å². The van der Waals surface area contributed by atoms with Gasteiger partial charge in [-0.15, -0.1) is 0 Å². The second kappa shape index (κ2) is 6.74. The number of benzene rings is 1. The molecule has 2 atom stereocenters. The van der Waals surface area contributed by atoms with Crippen LogP contribution in [0.25, 0.3) is 0 Å². The number of ether oxygens (including phenoxy) is 1. The van der Waals surface area contributed by atoms with Gasteiger partial charge < -0.3 is 15.2 Å². The van der Waals surface area contributed by atoms with Crippen LogP contribution in [0, 0.1) is 0 Å². The summed E-state index contributed by atoms with van der Waals surface area (Å²) >= 11 is 3.31. The Morgan fingerprint density at radius 2 is 1.80 bits per heavy atom. The quantitative estimate of drug-likeness (QED) is 0.823. The van der Waals surface area contributed by atoms with Gasteiger partial charge in [-0.1, -0.05) is 46.3 Å². The molecule has 0 fully saturated rings. The molecular formula is C14H18BrNO4. The Labute approximate surface area is 126 Å². The number of halogens is 1. The highest BCUT2D eigenvalue weighted by molar-refractivity contribution is 9.09. The molecule has 0 saturated carbocycles. The first-order chi connectivity index (χ1) is 9.20. The van der Waals surface area contributed by atoms with Crippen LogP contribution < -0.4 is 5.32 Å². The fraction of sp³-hybridized carbons (Fsp3) is 0.429. The molecule has 0 saturated heterocycles. The fourth-order valence-corrected chi connectivity index (χ4v) is 2.19. The minimum absolute atomic E-state index is 0.547. The van der Waals surface area contributed by atoms with Crippen molar-refractivity contribution in [2.45, 2.75) is 37.2 Å². The molecule has 0 heterocycles. The van der Waals surface area contributed by atoms with Crippen molar-refractivity contribution in [2.75, 3.05) is 0 Å². The zero-order chi connectivity index (χ0) is 15.3. The Morgan fingerprint density at radius 3 is 2.25 bits per heavy atom. The normalized spacial score (nSPS) is 14.2. The average Bonchev–Trinajstić information content (AvgIpc) is 2.34. The molecule has 110 valence electrons. The summed E-state index contributed by atoms with van der Waals surface area (Å²) in [5.41, 5.74) is 0.0813. The van der Waals surface area contributed by atoms with Gasteiger partial charge in [-0.2, -0.15) is 0 Å². The number of alkyl halides is 1. The molecule has 0 aromatic heterocycles. The largest absolute Gasteiger partial charge is 0.480 e. The Morgan fingerprint density at radius 1 is 1.25 bits per heavy atom. The first-order valence-electron chi connectivity index (χ1n) is 6.12. The average molecular weight is 344 g/mol. The summed E-state index contributed by atoms with van der Waals surface area (Å²) in [4.78, 5) is 22.5. The van der Waals surface area contributed by atoms with Crippen molar-refractivity contribution < 1.29 is 19.4 Å². The standard InChI is InChI=1S/C14H18BrNO4/c1-14(2,3)20-13(19)16-11(12(17)18)10(15)9-7-5-4-6-8-9/h4-8,10-11H,1-3H3,(H,16,19)(H,17,18)/t10?,11-/m0/s1. The molecule has 0 aliphatic heterocycles. The van der Waals surface area contributed by atoms with Crippen molar-refractivity contribution in [3.8, 4) is 0 Å². The SMILES string of the molecule is CC(C)(C)OC(=O)N[C@H](C(=O)O)C(Br)c1ccccc1. The van der Waals surface area contributed by atoms with E-state index in [4.69, 9.17) is 4.74 Å². The molecule has 0 spiro atoms. The predicted molar refractivity (Wildman–Crippen MR) is 78.9 cm³/mol. The van der Waals surface area contributed by atoms with E-state index in [2.05, 4.69) is 21.2 Å². The molecule has 6 heteroatoms. The van der Waals surface area contributed by atoms with E-state index in [9.17, 15) is 14.7 Å². The van der Waals surface area contributed by atoms with Crippen LogP contribution in [0.3, 0.4) is 0 Å². The van der Waals surface area contributed by atoms with Gasteiger partial charge >= 0.3 is 12.1 Å². The highest BCUT2D eigenvalue weighted by atomic mass is 79.9. The van der Waals surface area contributed by atoms with Crippen molar-refractivity contribution >= 4 is 28.0 Å². The molecule has 1 rings (SSSR count). The maximum atomic E-state index is 11.7. The van der Waals surface area contributed by atoms with Crippen LogP contribution in [-0.4, -0.2) is 28.8 Å². The molecule has 0 radical (unpaired) electrons. The molecule has 0 aliphatic carbocycles. The number of hydrogen-bond acceptors (Lipinski definition) is 3. The van der Waals surface area contributed by atoms with E-state index < -0.39 is 28.5 Å².